The SMILES string of the molecule is C[C@H](NC(=O)CSc1nc2ccccc2[nH]1)c1ccc(S(N)(=O)=O)cc1. The zero-order valence-electron chi connectivity index (χ0n) is 14.0. The molecule has 9 heteroatoms. The van der Waals surface area contributed by atoms with Crippen molar-refractivity contribution >= 4 is 38.7 Å². The molecule has 0 fully saturated rings. The molecule has 0 aliphatic carbocycles. The molecule has 3 rings (SSSR count). The number of aromatic nitrogens is 2. The van der Waals surface area contributed by atoms with E-state index in [9.17, 15) is 13.2 Å². The van der Waals surface area contributed by atoms with Gasteiger partial charge in [-0.15, -0.1) is 0 Å². The first-order valence-electron chi connectivity index (χ1n) is 7.82. The first-order valence-corrected chi connectivity index (χ1v) is 10.4. The monoisotopic (exact) mass is 390 g/mol. The molecule has 0 saturated heterocycles. The highest BCUT2D eigenvalue weighted by Crippen LogP contribution is 2.20. The molecule has 1 aromatic heterocycles. The lowest BCUT2D eigenvalue weighted by atomic mass is 10.1. The van der Waals surface area contributed by atoms with Gasteiger partial charge in [0.2, 0.25) is 15.9 Å². The number of carbonyl (C=O) groups excluding carboxylic acids is 1. The number of fused-ring (bicyclic) bond motifs is 1. The van der Waals surface area contributed by atoms with E-state index in [1.165, 1.54) is 23.9 Å². The van der Waals surface area contributed by atoms with E-state index in [1.807, 2.05) is 31.2 Å². The van der Waals surface area contributed by atoms with Crippen molar-refractivity contribution in [2.24, 2.45) is 5.14 Å². The van der Waals surface area contributed by atoms with Crippen LogP contribution in [0.25, 0.3) is 11.0 Å². The Morgan fingerprint density at radius 1 is 1.23 bits per heavy atom. The number of rotatable bonds is 6. The molecule has 1 atom stereocenters. The molecule has 1 heterocycles. The van der Waals surface area contributed by atoms with E-state index in [0.29, 0.717) is 5.16 Å². The normalized spacial score (nSPS) is 12.8. The minimum absolute atomic E-state index is 0.0419. The number of primary sulfonamides is 1. The van der Waals surface area contributed by atoms with Gasteiger partial charge in [0.1, 0.15) is 0 Å². The summed E-state index contributed by atoms with van der Waals surface area (Å²) in [5.74, 6) is 0.0814. The Morgan fingerprint density at radius 3 is 2.58 bits per heavy atom. The minimum Gasteiger partial charge on any atom is -0.349 e. The second kappa shape index (κ2) is 7.48. The van der Waals surface area contributed by atoms with Crippen molar-refractivity contribution in [2.45, 2.75) is 23.0 Å². The number of hydrogen-bond acceptors (Lipinski definition) is 5. The number of nitrogens with two attached hydrogens (primary N) is 1. The Bertz CT molecular complexity index is 997. The molecular formula is C17H18N4O3S2. The summed E-state index contributed by atoms with van der Waals surface area (Å²) >= 11 is 1.32. The van der Waals surface area contributed by atoms with Crippen molar-refractivity contribution in [3.63, 3.8) is 0 Å². The van der Waals surface area contributed by atoms with Gasteiger partial charge in [-0.2, -0.15) is 0 Å². The van der Waals surface area contributed by atoms with E-state index in [4.69, 9.17) is 5.14 Å². The zero-order chi connectivity index (χ0) is 18.7. The average molecular weight is 390 g/mol. The van der Waals surface area contributed by atoms with E-state index in [1.54, 1.807) is 12.1 Å². The highest BCUT2D eigenvalue weighted by atomic mass is 32.2. The molecule has 4 N–H and O–H groups in total. The lowest BCUT2D eigenvalue weighted by Gasteiger charge is -2.14. The predicted molar refractivity (Wildman–Crippen MR) is 101 cm³/mol. The number of para-hydroxylation sites is 2. The summed E-state index contributed by atoms with van der Waals surface area (Å²) in [7, 11) is -3.72. The van der Waals surface area contributed by atoms with E-state index in [-0.39, 0.29) is 22.6 Å². The van der Waals surface area contributed by atoms with Crippen LogP contribution in [0.3, 0.4) is 0 Å². The third-order valence-corrected chi connectivity index (χ3v) is 5.60. The van der Waals surface area contributed by atoms with Crippen LogP contribution in [0, 0.1) is 0 Å². The molecule has 1 amide bonds. The molecule has 2 aromatic carbocycles. The summed E-state index contributed by atoms with van der Waals surface area (Å²) in [6.45, 7) is 1.83. The fourth-order valence-electron chi connectivity index (χ4n) is 2.44. The number of nitrogens with zero attached hydrogens (tertiary/aromatic N) is 1. The third kappa shape index (κ3) is 4.43. The Hall–Kier alpha value is -2.36. The molecule has 0 aliphatic rings. The third-order valence-electron chi connectivity index (χ3n) is 3.79. The molecule has 0 bridgehead atoms. The molecule has 0 radical (unpaired) electrons. The maximum absolute atomic E-state index is 12.2. The number of nitrogens with one attached hydrogen (secondary N) is 2. The Kier molecular flexibility index (Phi) is 5.30. The number of amides is 1. The number of carbonyl (C=O) groups is 1. The van der Waals surface area contributed by atoms with Crippen LogP contribution < -0.4 is 10.5 Å². The molecule has 7 nitrogen and oxygen atoms in total. The minimum atomic E-state index is -3.72. The summed E-state index contributed by atoms with van der Waals surface area (Å²) in [5.41, 5.74) is 2.58. The number of benzene rings is 2. The highest BCUT2D eigenvalue weighted by molar-refractivity contribution is 7.99. The van der Waals surface area contributed by atoms with Gasteiger partial charge in [-0.3, -0.25) is 4.79 Å². The lowest BCUT2D eigenvalue weighted by molar-refractivity contribution is -0.119. The fraction of sp³-hybridized carbons (Fsp3) is 0.176. The second-order valence-electron chi connectivity index (χ2n) is 5.75. The van der Waals surface area contributed by atoms with Gasteiger partial charge < -0.3 is 10.3 Å². The summed E-state index contributed by atoms with van der Waals surface area (Å²) in [6, 6.07) is 13.5. The number of H-pyrrole nitrogens is 1. The van der Waals surface area contributed by atoms with Crippen molar-refractivity contribution in [1.82, 2.24) is 15.3 Å². The largest absolute Gasteiger partial charge is 0.349 e. The molecule has 0 spiro atoms. The predicted octanol–water partition coefficient (Wildman–Crippen LogP) is 2.18. The van der Waals surface area contributed by atoms with Gasteiger partial charge in [-0.25, -0.2) is 18.5 Å². The second-order valence-corrected chi connectivity index (χ2v) is 8.28. The van der Waals surface area contributed by atoms with Gasteiger partial charge in [-0.05, 0) is 36.8 Å². The van der Waals surface area contributed by atoms with Crippen LogP contribution >= 0.6 is 11.8 Å². The molecule has 0 saturated carbocycles. The molecule has 26 heavy (non-hydrogen) atoms. The van der Waals surface area contributed by atoms with Gasteiger partial charge in [0.15, 0.2) is 5.16 Å². The molecule has 0 unspecified atom stereocenters. The Labute approximate surface area is 155 Å². The standard InChI is InChI=1S/C17H18N4O3S2/c1-11(12-6-8-13(9-7-12)26(18,23)24)19-16(22)10-25-17-20-14-4-2-3-5-15(14)21-17/h2-9,11H,10H2,1H3,(H,19,22)(H,20,21)(H2,18,23,24)/t11-/m0/s1. The van der Waals surface area contributed by atoms with E-state index in [0.717, 1.165) is 16.6 Å². The summed E-state index contributed by atoms with van der Waals surface area (Å²) in [4.78, 5) is 19.8. The fourth-order valence-corrected chi connectivity index (χ4v) is 3.66. The lowest BCUT2D eigenvalue weighted by Crippen LogP contribution is -2.28. The van der Waals surface area contributed by atoms with Crippen LogP contribution in [0.1, 0.15) is 18.5 Å². The quantitative estimate of drug-likeness (QED) is 0.558. The molecule has 136 valence electrons. The van der Waals surface area contributed by atoms with Crippen LogP contribution in [0.4, 0.5) is 0 Å². The smallest absolute Gasteiger partial charge is 0.238 e. The Balaban J connectivity index is 1.57. The van der Waals surface area contributed by atoms with Gasteiger partial charge in [0.25, 0.3) is 0 Å². The van der Waals surface area contributed by atoms with Crippen molar-refractivity contribution in [3.8, 4) is 0 Å². The number of sulfonamides is 1. The Morgan fingerprint density at radius 2 is 1.92 bits per heavy atom. The van der Waals surface area contributed by atoms with Crippen LogP contribution in [0.5, 0.6) is 0 Å². The molecule has 3 aromatic rings. The number of aromatic amines is 1. The first kappa shape index (κ1) is 18.4. The first-order chi connectivity index (χ1) is 12.3. The highest BCUT2D eigenvalue weighted by Gasteiger charge is 2.13. The van der Waals surface area contributed by atoms with Gasteiger partial charge >= 0.3 is 0 Å². The summed E-state index contributed by atoms with van der Waals surface area (Å²) < 4.78 is 22.5. The molecular weight excluding hydrogens is 372 g/mol. The number of hydrogen-bond donors (Lipinski definition) is 3. The maximum Gasteiger partial charge on any atom is 0.238 e. The summed E-state index contributed by atoms with van der Waals surface area (Å²) in [5, 5.41) is 8.64. The van der Waals surface area contributed by atoms with Crippen LogP contribution in [-0.4, -0.2) is 30.0 Å². The zero-order valence-corrected chi connectivity index (χ0v) is 15.6. The maximum atomic E-state index is 12.2. The van der Waals surface area contributed by atoms with Crippen molar-refractivity contribution in [1.29, 1.82) is 0 Å². The van der Waals surface area contributed by atoms with E-state index >= 15 is 0 Å². The van der Waals surface area contributed by atoms with Crippen molar-refractivity contribution in [3.05, 3.63) is 54.1 Å². The number of thioether (sulfide) groups is 1. The molecule has 0 aliphatic heterocycles. The summed E-state index contributed by atoms with van der Waals surface area (Å²) in [6.07, 6.45) is 0. The topological polar surface area (TPSA) is 118 Å². The van der Waals surface area contributed by atoms with Crippen molar-refractivity contribution < 1.29 is 13.2 Å². The van der Waals surface area contributed by atoms with Crippen molar-refractivity contribution in [2.75, 3.05) is 5.75 Å². The van der Waals surface area contributed by atoms with Crippen LogP contribution in [0.15, 0.2) is 58.6 Å². The van der Waals surface area contributed by atoms with E-state index in [2.05, 4.69) is 15.3 Å². The van der Waals surface area contributed by atoms with Gasteiger partial charge in [0, 0.05) is 0 Å². The van der Waals surface area contributed by atoms with E-state index < -0.39 is 10.0 Å². The van der Waals surface area contributed by atoms with Crippen LogP contribution in [-0.2, 0) is 14.8 Å². The number of imidazole rings is 1. The van der Waals surface area contributed by atoms with Crippen LogP contribution in [0.2, 0.25) is 0 Å². The van der Waals surface area contributed by atoms with Gasteiger partial charge in [-0.1, -0.05) is 36.0 Å². The average Bonchev–Trinajstić information content (AvgIpc) is 3.02. The van der Waals surface area contributed by atoms with Gasteiger partial charge in [0.05, 0.1) is 27.7 Å².